The van der Waals surface area contributed by atoms with Crippen LogP contribution in [0.1, 0.15) is 5.56 Å². The number of hydrogen-bond acceptors (Lipinski definition) is 2. The standard InChI is InChI=1S/C10H11BrN2O/c1-13-5-6(4-12)9-8(14)3-2-7(11)10(9)13/h2-3,5,14H,4,12H2,1H3. The molecule has 0 aliphatic heterocycles. The normalized spacial score (nSPS) is 11.1. The van der Waals surface area contributed by atoms with Crippen LogP contribution in [0.15, 0.2) is 22.8 Å². The molecule has 0 aliphatic carbocycles. The van der Waals surface area contributed by atoms with Crippen molar-refractivity contribution in [3.8, 4) is 5.75 Å². The van der Waals surface area contributed by atoms with E-state index in [-0.39, 0.29) is 5.75 Å². The maximum Gasteiger partial charge on any atom is 0.125 e. The minimum Gasteiger partial charge on any atom is -0.507 e. The van der Waals surface area contributed by atoms with Crippen LogP contribution in [0.4, 0.5) is 0 Å². The van der Waals surface area contributed by atoms with Crippen molar-refractivity contribution in [2.75, 3.05) is 0 Å². The van der Waals surface area contributed by atoms with E-state index < -0.39 is 0 Å². The van der Waals surface area contributed by atoms with Gasteiger partial charge in [-0.25, -0.2) is 0 Å². The van der Waals surface area contributed by atoms with Crippen molar-refractivity contribution in [2.45, 2.75) is 6.54 Å². The second-order valence-corrected chi connectivity index (χ2v) is 4.11. The van der Waals surface area contributed by atoms with Gasteiger partial charge >= 0.3 is 0 Å². The molecule has 0 saturated carbocycles. The molecule has 0 bridgehead atoms. The molecule has 1 aromatic heterocycles. The fraction of sp³-hybridized carbons (Fsp3) is 0.200. The zero-order valence-electron chi connectivity index (χ0n) is 7.79. The predicted molar refractivity (Wildman–Crippen MR) is 60.2 cm³/mol. The average Bonchev–Trinajstić information content (AvgIpc) is 2.50. The third kappa shape index (κ3) is 1.22. The molecule has 0 fully saturated rings. The van der Waals surface area contributed by atoms with Gasteiger partial charge in [-0.05, 0) is 33.6 Å². The quantitative estimate of drug-likeness (QED) is 0.819. The Bertz CT molecular complexity index is 490. The molecule has 4 heteroatoms. The van der Waals surface area contributed by atoms with E-state index in [2.05, 4.69) is 15.9 Å². The Kier molecular flexibility index (Phi) is 2.25. The van der Waals surface area contributed by atoms with Gasteiger partial charge in [-0.3, -0.25) is 0 Å². The zero-order chi connectivity index (χ0) is 10.3. The fourth-order valence-corrected chi connectivity index (χ4v) is 2.34. The minimum absolute atomic E-state index is 0.282. The molecular weight excluding hydrogens is 244 g/mol. The van der Waals surface area contributed by atoms with Crippen LogP contribution in [0, 0.1) is 0 Å². The van der Waals surface area contributed by atoms with Gasteiger partial charge in [0.15, 0.2) is 0 Å². The lowest BCUT2D eigenvalue weighted by atomic mass is 10.1. The van der Waals surface area contributed by atoms with E-state index in [1.54, 1.807) is 6.07 Å². The first-order chi connectivity index (χ1) is 6.65. The SMILES string of the molecule is Cn1cc(CN)c2c(O)ccc(Br)c21. The van der Waals surface area contributed by atoms with Crippen LogP contribution in [-0.2, 0) is 13.6 Å². The maximum absolute atomic E-state index is 9.73. The summed E-state index contributed by atoms with van der Waals surface area (Å²) >= 11 is 3.45. The number of aryl methyl sites for hydroxylation is 1. The molecule has 74 valence electrons. The predicted octanol–water partition coefficient (Wildman–Crippen LogP) is 2.11. The summed E-state index contributed by atoms with van der Waals surface area (Å²) in [5.41, 5.74) is 7.55. The molecule has 0 spiro atoms. The number of benzene rings is 1. The Balaban J connectivity index is 2.94. The number of hydrogen-bond donors (Lipinski definition) is 2. The Morgan fingerprint density at radius 2 is 2.21 bits per heavy atom. The number of fused-ring (bicyclic) bond motifs is 1. The summed E-state index contributed by atoms with van der Waals surface area (Å²) in [6.07, 6.45) is 1.94. The third-order valence-corrected chi connectivity index (χ3v) is 2.99. The summed E-state index contributed by atoms with van der Waals surface area (Å²) in [5.74, 6) is 0.282. The molecule has 2 rings (SSSR count). The molecule has 0 saturated heterocycles. The summed E-state index contributed by atoms with van der Waals surface area (Å²) in [7, 11) is 1.94. The zero-order valence-corrected chi connectivity index (χ0v) is 9.37. The van der Waals surface area contributed by atoms with Gasteiger partial charge in [-0.15, -0.1) is 0 Å². The Morgan fingerprint density at radius 1 is 1.50 bits per heavy atom. The third-order valence-electron chi connectivity index (χ3n) is 2.35. The van der Waals surface area contributed by atoms with Gasteiger partial charge in [0.05, 0.1) is 5.52 Å². The van der Waals surface area contributed by atoms with Crippen molar-refractivity contribution < 1.29 is 5.11 Å². The van der Waals surface area contributed by atoms with Gasteiger partial charge in [-0.2, -0.15) is 0 Å². The molecule has 0 atom stereocenters. The highest BCUT2D eigenvalue weighted by Gasteiger charge is 2.11. The first-order valence-electron chi connectivity index (χ1n) is 4.30. The Hall–Kier alpha value is -1.000. The number of nitrogens with two attached hydrogens (primary N) is 1. The van der Waals surface area contributed by atoms with Gasteiger partial charge in [0.1, 0.15) is 5.75 Å². The van der Waals surface area contributed by atoms with Gasteiger partial charge in [-0.1, -0.05) is 0 Å². The first kappa shape index (κ1) is 9.55. The second kappa shape index (κ2) is 3.29. The highest BCUT2D eigenvalue weighted by Crippen LogP contribution is 2.34. The molecule has 3 N–H and O–H groups in total. The highest BCUT2D eigenvalue weighted by atomic mass is 79.9. The molecule has 0 amide bonds. The van der Waals surface area contributed by atoms with Crippen molar-refractivity contribution in [1.82, 2.24) is 4.57 Å². The van der Waals surface area contributed by atoms with E-state index in [0.29, 0.717) is 6.54 Å². The molecule has 0 radical (unpaired) electrons. The number of phenols is 1. The highest BCUT2D eigenvalue weighted by molar-refractivity contribution is 9.10. The van der Waals surface area contributed by atoms with Crippen molar-refractivity contribution in [3.05, 3.63) is 28.4 Å². The molecule has 1 heterocycles. The number of aromatic nitrogens is 1. The van der Waals surface area contributed by atoms with E-state index in [9.17, 15) is 5.11 Å². The summed E-state index contributed by atoms with van der Waals surface area (Å²) < 4.78 is 2.92. The van der Waals surface area contributed by atoms with E-state index in [0.717, 1.165) is 20.9 Å². The number of aromatic hydroxyl groups is 1. The van der Waals surface area contributed by atoms with Crippen molar-refractivity contribution >= 4 is 26.8 Å². The van der Waals surface area contributed by atoms with Crippen LogP contribution in [0.2, 0.25) is 0 Å². The molecular formula is C10H11BrN2O. The average molecular weight is 255 g/mol. The first-order valence-corrected chi connectivity index (χ1v) is 5.10. The Morgan fingerprint density at radius 3 is 2.86 bits per heavy atom. The summed E-state index contributed by atoms with van der Waals surface area (Å²) in [5, 5.41) is 10.6. The van der Waals surface area contributed by atoms with Crippen LogP contribution in [0.3, 0.4) is 0 Å². The number of rotatable bonds is 1. The van der Waals surface area contributed by atoms with Crippen molar-refractivity contribution in [3.63, 3.8) is 0 Å². The van der Waals surface area contributed by atoms with E-state index >= 15 is 0 Å². The monoisotopic (exact) mass is 254 g/mol. The lowest BCUT2D eigenvalue weighted by Gasteiger charge is -2.01. The summed E-state index contributed by atoms with van der Waals surface area (Å²) in [6, 6.07) is 3.50. The van der Waals surface area contributed by atoms with Gasteiger partial charge in [0.25, 0.3) is 0 Å². The number of nitrogens with zero attached hydrogens (tertiary/aromatic N) is 1. The fourth-order valence-electron chi connectivity index (χ4n) is 1.73. The van der Waals surface area contributed by atoms with Crippen LogP contribution >= 0.6 is 15.9 Å². The lowest BCUT2D eigenvalue weighted by Crippen LogP contribution is -1.94. The smallest absolute Gasteiger partial charge is 0.125 e. The van der Waals surface area contributed by atoms with Gasteiger partial charge in [0.2, 0.25) is 0 Å². The summed E-state index contributed by atoms with van der Waals surface area (Å²) in [6.45, 7) is 0.432. The molecule has 1 aromatic carbocycles. The topological polar surface area (TPSA) is 51.2 Å². The van der Waals surface area contributed by atoms with Crippen LogP contribution in [0.25, 0.3) is 10.9 Å². The van der Waals surface area contributed by atoms with Crippen LogP contribution in [-0.4, -0.2) is 9.67 Å². The van der Waals surface area contributed by atoms with Gasteiger partial charge in [0, 0.05) is 29.6 Å². The minimum atomic E-state index is 0.282. The number of halogens is 1. The molecule has 0 aliphatic rings. The largest absolute Gasteiger partial charge is 0.507 e. The van der Waals surface area contributed by atoms with Crippen LogP contribution < -0.4 is 5.73 Å². The van der Waals surface area contributed by atoms with E-state index in [1.165, 1.54) is 0 Å². The number of phenolic OH excluding ortho intramolecular Hbond substituents is 1. The Labute approximate surface area is 90.3 Å². The lowest BCUT2D eigenvalue weighted by molar-refractivity contribution is 0.481. The van der Waals surface area contributed by atoms with Crippen molar-refractivity contribution in [1.29, 1.82) is 0 Å². The molecule has 2 aromatic rings. The maximum atomic E-state index is 9.73. The molecule has 14 heavy (non-hydrogen) atoms. The summed E-state index contributed by atoms with van der Waals surface area (Å²) in [4.78, 5) is 0. The molecule has 0 unspecified atom stereocenters. The molecule has 3 nitrogen and oxygen atoms in total. The van der Waals surface area contributed by atoms with E-state index in [1.807, 2.05) is 23.9 Å². The second-order valence-electron chi connectivity index (χ2n) is 3.26. The van der Waals surface area contributed by atoms with Crippen molar-refractivity contribution in [2.24, 2.45) is 12.8 Å². The van der Waals surface area contributed by atoms with Crippen LogP contribution in [0.5, 0.6) is 5.75 Å². The van der Waals surface area contributed by atoms with Gasteiger partial charge < -0.3 is 15.4 Å². The van der Waals surface area contributed by atoms with E-state index in [4.69, 9.17) is 5.73 Å².